The summed E-state index contributed by atoms with van der Waals surface area (Å²) in [7, 11) is -3.70. The highest BCUT2D eigenvalue weighted by Crippen LogP contribution is 2.35. The molecule has 0 aliphatic carbocycles. The minimum atomic E-state index is -3.70. The zero-order valence-corrected chi connectivity index (χ0v) is 19.8. The fourth-order valence-corrected chi connectivity index (χ4v) is 6.00. The van der Waals surface area contributed by atoms with Crippen molar-refractivity contribution in [2.45, 2.75) is 30.2 Å². The lowest BCUT2D eigenvalue weighted by Gasteiger charge is -2.34. The number of fused-ring (bicyclic) bond motifs is 1. The lowest BCUT2D eigenvalue weighted by molar-refractivity contribution is -0.111. The molecule has 0 bridgehead atoms. The SMILES string of the molecule is O=C(C=Cc1ccc2c(c1)OCO2)Nc1ccc(S(=O)(=O)N2CCCCC2c2cccnc2)cc1. The number of hydrogen-bond donors (Lipinski definition) is 1. The molecule has 1 unspecified atom stereocenters. The van der Waals surface area contributed by atoms with Gasteiger partial charge in [-0.2, -0.15) is 4.31 Å². The molecule has 2 aliphatic rings. The number of hydrogen-bond acceptors (Lipinski definition) is 6. The first-order chi connectivity index (χ1) is 17.0. The lowest BCUT2D eigenvalue weighted by atomic mass is 9.99. The molecule has 3 heterocycles. The number of ether oxygens (including phenoxy) is 2. The summed E-state index contributed by atoms with van der Waals surface area (Å²) in [5.41, 5.74) is 2.20. The van der Waals surface area contributed by atoms with Gasteiger partial charge in [-0.1, -0.05) is 18.6 Å². The Morgan fingerprint density at radius 3 is 2.69 bits per heavy atom. The van der Waals surface area contributed by atoms with Crippen molar-refractivity contribution in [3.63, 3.8) is 0 Å². The van der Waals surface area contributed by atoms with E-state index in [2.05, 4.69) is 10.3 Å². The zero-order valence-electron chi connectivity index (χ0n) is 19.0. The van der Waals surface area contributed by atoms with E-state index in [0.717, 1.165) is 30.4 Å². The Labute approximate surface area is 204 Å². The number of carbonyl (C=O) groups excluding carboxylic acids is 1. The molecule has 9 heteroatoms. The van der Waals surface area contributed by atoms with Crippen molar-refractivity contribution >= 4 is 27.7 Å². The highest BCUT2D eigenvalue weighted by molar-refractivity contribution is 7.89. The minimum absolute atomic E-state index is 0.191. The van der Waals surface area contributed by atoms with Crippen molar-refractivity contribution in [3.05, 3.63) is 84.2 Å². The van der Waals surface area contributed by atoms with Crippen LogP contribution in [0.2, 0.25) is 0 Å². The van der Waals surface area contributed by atoms with Crippen LogP contribution in [0.15, 0.2) is 78.0 Å². The van der Waals surface area contributed by atoms with E-state index in [0.29, 0.717) is 23.7 Å². The van der Waals surface area contributed by atoms with E-state index < -0.39 is 10.0 Å². The van der Waals surface area contributed by atoms with Crippen LogP contribution in [0.1, 0.15) is 36.4 Å². The van der Waals surface area contributed by atoms with Crippen LogP contribution in [0.3, 0.4) is 0 Å². The average Bonchev–Trinajstić information content (AvgIpc) is 3.36. The van der Waals surface area contributed by atoms with Gasteiger partial charge in [0, 0.05) is 30.7 Å². The Bertz CT molecular complexity index is 1340. The summed E-state index contributed by atoms with van der Waals surface area (Å²) in [5.74, 6) is 0.993. The van der Waals surface area contributed by atoms with Gasteiger partial charge in [0.2, 0.25) is 22.7 Å². The monoisotopic (exact) mass is 491 g/mol. The van der Waals surface area contributed by atoms with E-state index in [-0.39, 0.29) is 23.6 Å². The van der Waals surface area contributed by atoms with Gasteiger partial charge >= 0.3 is 0 Å². The fraction of sp³-hybridized carbons (Fsp3) is 0.231. The third-order valence-corrected chi connectivity index (χ3v) is 8.00. The van der Waals surface area contributed by atoms with Crippen LogP contribution in [0.4, 0.5) is 5.69 Å². The largest absolute Gasteiger partial charge is 0.454 e. The van der Waals surface area contributed by atoms with E-state index in [9.17, 15) is 13.2 Å². The summed E-state index contributed by atoms with van der Waals surface area (Å²) in [6, 6.07) is 15.2. The third-order valence-electron chi connectivity index (χ3n) is 6.08. The first kappa shape index (κ1) is 23.1. The second-order valence-electron chi connectivity index (χ2n) is 8.37. The summed E-state index contributed by atoms with van der Waals surface area (Å²) >= 11 is 0. The molecule has 180 valence electrons. The first-order valence-corrected chi connectivity index (χ1v) is 12.9. The number of amides is 1. The molecular formula is C26H25N3O5S. The van der Waals surface area contributed by atoms with E-state index in [1.54, 1.807) is 47.0 Å². The summed E-state index contributed by atoms with van der Waals surface area (Å²) in [5, 5.41) is 2.76. The number of aromatic nitrogens is 1. The minimum Gasteiger partial charge on any atom is -0.454 e. The van der Waals surface area contributed by atoms with Gasteiger partial charge in [0.15, 0.2) is 11.5 Å². The fourth-order valence-electron chi connectivity index (χ4n) is 4.32. The third kappa shape index (κ3) is 5.06. The number of piperidine rings is 1. The van der Waals surface area contributed by atoms with Gasteiger partial charge in [0.25, 0.3) is 0 Å². The predicted molar refractivity (Wildman–Crippen MR) is 131 cm³/mol. The summed E-state index contributed by atoms with van der Waals surface area (Å²) in [6.07, 6.45) is 9.04. The van der Waals surface area contributed by atoms with Crippen LogP contribution in [0.25, 0.3) is 6.08 Å². The molecule has 1 fully saturated rings. The molecule has 1 aromatic heterocycles. The van der Waals surface area contributed by atoms with Gasteiger partial charge in [0.05, 0.1) is 10.9 Å². The molecule has 1 atom stereocenters. The zero-order chi connectivity index (χ0) is 24.3. The quantitative estimate of drug-likeness (QED) is 0.514. The van der Waals surface area contributed by atoms with Crippen molar-refractivity contribution in [1.29, 1.82) is 0 Å². The van der Waals surface area contributed by atoms with Crippen molar-refractivity contribution in [2.24, 2.45) is 0 Å². The molecule has 1 N–H and O–H groups in total. The van der Waals surface area contributed by atoms with Crippen LogP contribution < -0.4 is 14.8 Å². The maximum absolute atomic E-state index is 13.4. The van der Waals surface area contributed by atoms with E-state index in [1.165, 1.54) is 18.2 Å². The first-order valence-electron chi connectivity index (χ1n) is 11.4. The molecule has 1 saturated heterocycles. The highest BCUT2D eigenvalue weighted by atomic mass is 32.2. The Hall–Kier alpha value is -3.69. The smallest absolute Gasteiger partial charge is 0.248 e. The number of benzene rings is 2. The topological polar surface area (TPSA) is 97.8 Å². The molecule has 0 saturated carbocycles. The average molecular weight is 492 g/mol. The Morgan fingerprint density at radius 1 is 1.06 bits per heavy atom. The number of anilines is 1. The van der Waals surface area contributed by atoms with Gasteiger partial charge in [0.1, 0.15) is 0 Å². The lowest BCUT2D eigenvalue weighted by Crippen LogP contribution is -2.38. The van der Waals surface area contributed by atoms with Crippen LogP contribution in [-0.4, -0.2) is 37.0 Å². The molecule has 35 heavy (non-hydrogen) atoms. The number of pyridine rings is 1. The summed E-state index contributed by atoms with van der Waals surface area (Å²) < 4.78 is 39.1. The van der Waals surface area contributed by atoms with Crippen LogP contribution >= 0.6 is 0 Å². The van der Waals surface area contributed by atoms with Crippen molar-refractivity contribution in [1.82, 2.24) is 9.29 Å². The summed E-state index contributed by atoms with van der Waals surface area (Å²) in [6.45, 7) is 0.654. The maximum Gasteiger partial charge on any atom is 0.248 e. The van der Waals surface area contributed by atoms with Crippen LogP contribution in [0.5, 0.6) is 11.5 Å². The number of rotatable bonds is 6. The molecule has 3 aromatic rings. The molecule has 8 nitrogen and oxygen atoms in total. The Kier molecular flexibility index (Phi) is 6.52. The normalized spacial score (nSPS) is 18.0. The molecule has 5 rings (SSSR count). The Morgan fingerprint density at radius 2 is 1.89 bits per heavy atom. The molecule has 2 aromatic carbocycles. The summed E-state index contributed by atoms with van der Waals surface area (Å²) in [4.78, 5) is 16.7. The second-order valence-corrected chi connectivity index (χ2v) is 10.3. The van der Waals surface area contributed by atoms with Crippen molar-refractivity contribution in [3.8, 4) is 11.5 Å². The van der Waals surface area contributed by atoms with E-state index in [1.807, 2.05) is 18.2 Å². The molecule has 2 aliphatic heterocycles. The van der Waals surface area contributed by atoms with Gasteiger partial charge < -0.3 is 14.8 Å². The number of carbonyl (C=O) groups is 1. The molecular weight excluding hydrogens is 466 g/mol. The van der Waals surface area contributed by atoms with E-state index in [4.69, 9.17) is 9.47 Å². The standard InChI is InChI=1S/C26H25N3O5S/c30-26(13-7-19-6-12-24-25(16-19)34-18-33-24)28-21-8-10-22(11-9-21)35(31,32)29-15-2-1-5-23(29)20-4-3-14-27-17-20/h3-4,6-14,16-17,23H,1-2,5,15,18H2,(H,28,30). The van der Waals surface area contributed by atoms with Gasteiger partial charge in [-0.25, -0.2) is 8.42 Å². The van der Waals surface area contributed by atoms with Gasteiger partial charge in [-0.05, 0) is 72.5 Å². The number of nitrogens with one attached hydrogen (secondary N) is 1. The van der Waals surface area contributed by atoms with Crippen molar-refractivity contribution < 1.29 is 22.7 Å². The van der Waals surface area contributed by atoms with Gasteiger partial charge in [-0.3, -0.25) is 9.78 Å². The second kappa shape index (κ2) is 9.89. The van der Waals surface area contributed by atoms with Crippen molar-refractivity contribution in [2.75, 3.05) is 18.7 Å². The predicted octanol–water partition coefficient (Wildman–Crippen LogP) is 4.38. The number of nitrogens with zero attached hydrogens (tertiary/aromatic N) is 2. The van der Waals surface area contributed by atoms with Crippen LogP contribution in [0, 0.1) is 0 Å². The van der Waals surface area contributed by atoms with E-state index >= 15 is 0 Å². The van der Waals surface area contributed by atoms with Crippen LogP contribution in [-0.2, 0) is 14.8 Å². The number of sulfonamides is 1. The molecule has 0 radical (unpaired) electrons. The Balaban J connectivity index is 1.26. The molecule has 0 spiro atoms. The molecule has 1 amide bonds. The maximum atomic E-state index is 13.4. The van der Waals surface area contributed by atoms with Gasteiger partial charge in [-0.15, -0.1) is 0 Å². The highest BCUT2D eigenvalue weighted by Gasteiger charge is 2.34.